The first-order valence-electron chi connectivity index (χ1n) is 9.78. The molecule has 7 heteroatoms. The first-order chi connectivity index (χ1) is 14.1. The van der Waals surface area contributed by atoms with Crippen molar-refractivity contribution in [3.63, 3.8) is 0 Å². The molecule has 1 aromatic carbocycles. The molecule has 2 aliphatic rings. The molecule has 7 nitrogen and oxygen atoms in total. The average Bonchev–Trinajstić information content (AvgIpc) is 3.03. The molecule has 0 atom stereocenters. The number of aryl methyl sites for hydroxylation is 1. The summed E-state index contributed by atoms with van der Waals surface area (Å²) >= 11 is 0. The number of ether oxygens (including phenoxy) is 2. The molecule has 4 rings (SSSR count). The van der Waals surface area contributed by atoms with Crippen LogP contribution in [0.3, 0.4) is 0 Å². The standard InChI is InChI=1S/C22H23N3O4/c1-2-18-19(13-17(14-24-18)16-7-4-3-5-8-16)25-12-6-11-23-15-22(25)28-20(26)9-10-21(27)29-22/h3-5,7-10,13-14,23H,2,6,11-12,15H2,1H3. The van der Waals surface area contributed by atoms with E-state index in [9.17, 15) is 9.59 Å². The summed E-state index contributed by atoms with van der Waals surface area (Å²) in [6, 6.07) is 12.0. The Labute approximate surface area is 169 Å². The predicted octanol–water partition coefficient (Wildman–Crippen LogP) is 2.42. The second kappa shape index (κ2) is 8.05. The van der Waals surface area contributed by atoms with E-state index in [1.165, 1.54) is 0 Å². The highest BCUT2D eigenvalue weighted by atomic mass is 16.8. The fraction of sp³-hybridized carbons (Fsp3) is 0.318. The van der Waals surface area contributed by atoms with Crippen LogP contribution in [0.1, 0.15) is 19.0 Å². The highest BCUT2D eigenvalue weighted by Crippen LogP contribution is 2.34. The van der Waals surface area contributed by atoms with E-state index in [4.69, 9.17) is 9.47 Å². The number of rotatable bonds is 3. The van der Waals surface area contributed by atoms with Crippen molar-refractivity contribution in [1.29, 1.82) is 0 Å². The van der Waals surface area contributed by atoms with Gasteiger partial charge in [-0.05, 0) is 31.0 Å². The zero-order valence-corrected chi connectivity index (χ0v) is 16.3. The van der Waals surface area contributed by atoms with E-state index in [2.05, 4.69) is 10.3 Å². The average molecular weight is 393 g/mol. The summed E-state index contributed by atoms with van der Waals surface area (Å²) in [4.78, 5) is 31.0. The lowest BCUT2D eigenvalue weighted by Crippen LogP contribution is -2.59. The number of anilines is 1. The fourth-order valence-corrected chi connectivity index (χ4v) is 3.68. The summed E-state index contributed by atoms with van der Waals surface area (Å²) in [5.74, 6) is -2.79. The second-order valence-corrected chi connectivity index (χ2v) is 6.98. The third-order valence-corrected chi connectivity index (χ3v) is 5.05. The van der Waals surface area contributed by atoms with Crippen molar-refractivity contribution in [2.45, 2.75) is 25.7 Å². The summed E-state index contributed by atoms with van der Waals surface area (Å²) < 4.78 is 11.3. The molecular weight excluding hydrogens is 370 g/mol. The number of esters is 2. The van der Waals surface area contributed by atoms with Crippen molar-refractivity contribution >= 4 is 17.6 Å². The summed E-state index contributed by atoms with van der Waals surface area (Å²) in [6.45, 7) is 3.45. The van der Waals surface area contributed by atoms with Crippen LogP contribution in [-0.4, -0.2) is 42.5 Å². The number of carbonyl (C=O) groups is 2. The second-order valence-electron chi connectivity index (χ2n) is 6.98. The van der Waals surface area contributed by atoms with Crippen LogP contribution in [-0.2, 0) is 25.5 Å². The Kier molecular flexibility index (Phi) is 5.31. The molecule has 0 amide bonds. The van der Waals surface area contributed by atoms with Gasteiger partial charge in [-0.2, -0.15) is 0 Å². The minimum Gasteiger partial charge on any atom is -0.399 e. The summed E-state index contributed by atoms with van der Waals surface area (Å²) in [5, 5.41) is 3.22. The molecule has 150 valence electrons. The molecule has 1 spiro atoms. The Balaban J connectivity index is 1.83. The van der Waals surface area contributed by atoms with Gasteiger partial charge >= 0.3 is 17.8 Å². The van der Waals surface area contributed by atoms with E-state index in [-0.39, 0.29) is 6.54 Å². The van der Waals surface area contributed by atoms with Crippen molar-refractivity contribution < 1.29 is 19.1 Å². The maximum Gasteiger partial charge on any atom is 0.356 e. The predicted molar refractivity (Wildman–Crippen MR) is 108 cm³/mol. The van der Waals surface area contributed by atoms with Crippen LogP contribution in [0.5, 0.6) is 0 Å². The number of hydrogen-bond donors (Lipinski definition) is 1. The molecule has 1 fully saturated rings. The maximum atomic E-state index is 12.2. The number of carbonyl (C=O) groups excluding carboxylic acids is 2. The van der Waals surface area contributed by atoms with Gasteiger partial charge in [0.05, 0.1) is 17.9 Å². The van der Waals surface area contributed by atoms with Gasteiger partial charge in [0.2, 0.25) is 0 Å². The van der Waals surface area contributed by atoms with E-state index in [0.717, 1.165) is 41.1 Å². The van der Waals surface area contributed by atoms with Gasteiger partial charge in [0.15, 0.2) is 0 Å². The minimum atomic E-state index is -1.56. The lowest BCUT2D eigenvalue weighted by molar-refractivity contribution is -0.217. The first-order valence-corrected chi connectivity index (χ1v) is 9.78. The Bertz CT molecular complexity index is 922. The molecule has 2 aromatic rings. The van der Waals surface area contributed by atoms with Gasteiger partial charge in [-0.15, -0.1) is 0 Å². The number of nitrogens with one attached hydrogen (secondary N) is 1. The molecule has 0 unspecified atom stereocenters. The molecule has 1 saturated heterocycles. The Morgan fingerprint density at radius 1 is 1.10 bits per heavy atom. The summed E-state index contributed by atoms with van der Waals surface area (Å²) in [6.07, 6.45) is 5.51. The van der Waals surface area contributed by atoms with E-state index in [0.29, 0.717) is 19.5 Å². The molecule has 0 saturated carbocycles. The number of pyridine rings is 1. The quantitative estimate of drug-likeness (QED) is 0.802. The van der Waals surface area contributed by atoms with E-state index >= 15 is 0 Å². The van der Waals surface area contributed by atoms with Crippen LogP contribution in [0.2, 0.25) is 0 Å². The van der Waals surface area contributed by atoms with Crippen molar-refractivity contribution in [2.75, 3.05) is 24.5 Å². The highest BCUT2D eigenvalue weighted by molar-refractivity contribution is 5.93. The van der Waals surface area contributed by atoms with Crippen molar-refractivity contribution in [1.82, 2.24) is 10.3 Å². The molecule has 1 aromatic heterocycles. The van der Waals surface area contributed by atoms with Crippen LogP contribution in [0, 0.1) is 0 Å². The smallest absolute Gasteiger partial charge is 0.356 e. The third-order valence-electron chi connectivity index (χ3n) is 5.05. The van der Waals surface area contributed by atoms with Crippen LogP contribution in [0.25, 0.3) is 11.1 Å². The number of hydrogen-bond acceptors (Lipinski definition) is 7. The zero-order valence-electron chi connectivity index (χ0n) is 16.3. The van der Waals surface area contributed by atoms with Crippen LogP contribution >= 0.6 is 0 Å². The lowest BCUT2D eigenvalue weighted by atomic mass is 10.1. The first kappa shape index (κ1) is 19.1. The number of aromatic nitrogens is 1. The Morgan fingerprint density at radius 3 is 2.52 bits per heavy atom. The molecule has 3 heterocycles. The van der Waals surface area contributed by atoms with Crippen molar-refractivity contribution in [2.24, 2.45) is 0 Å². The van der Waals surface area contributed by atoms with Gasteiger partial charge in [-0.3, -0.25) is 9.88 Å². The van der Waals surface area contributed by atoms with Gasteiger partial charge in [0, 0.05) is 30.5 Å². The molecule has 0 radical (unpaired) electrons. The highest BCUT2D eigenvalue weighted by Gasteiger charge is 2.47. The Morgan fingerprint density at radius 2 is 1.83 bits per heavy atom. The zero-order chi connectivity index (χ0) is 20.3. The largest absolute Gasteiger partial charge is 0.399 e. The van der Waals surface area contributed by atoms with Gasteiger partial charge in [0.1, 0.15) is 0 Å². The van der Waals surface area contributed by atoms with E-state index in [1.54, 1.807) is 0 Å². The summed E-state index contributed by atoms with van der Waals surface area (Å²) in [5.41, 5.74) is 3.60. The van der Waals surface area contributed by atoms with Crippen LogP contribution in [0.4, 0.5) is 5.69 Å². The topological polar surface area (TPSA) is 80.8 Å². The van der Waals surface area contributed by atoms with Gasteiger partial charge in [-0.25, -0.2) is 9.59 Å². The number of nitrogens with zero attached hydrogens (tertiary/aromatic N) is 2. The molecule has 1 N–H and O–H groups in total. The molecule has 0 aliphatic carbocycles. The van der Waals surface area contributed by atoms with Crippen molar-refractivity contribution in [3.05, 3.63) is 60.4 Å². The van der Waals surface area contributed by atoms with Crippen LogP contribution in [0.15, 0.2) is 54.7 Å². The normalized spacial score (nSPS) is 18.7. The maximum absolute atomic E-state index is 12.2. The lowest BCUT2D eigenvalue weighted by Gasteiger charge is -2.41. The van der Waals surface area contributed by atoms with E-state index < -0.39 is 17.8 Å². The van der Waals surface area contributed by atoms with Gasteiger partial charge in [0.25, 0.3) is 0 Å². The molecule has 2 aliphatic heterocycles. The molecular formula is C22H23N3O4. The van der Waals surface area contributed by atoms with Crippen LogP contribution < -0.4 is 10.2 Å². The number of benzene rings is 1. The monoisotopic (exact) mass is 393 g/mol. The molecule has 29 heavy (non-hydrogen) atoms. The van der Waals surface area contributed by atoms with Gasteiger partial charge < -0.3 is 14.8 Å². The van der Waals surface area contributed by atoms with Crippen molar-refractivity contribution in [3.8, 4) is 11.1 Å². The SMILES string of the molecule is CCc1ncc(-c2ccccc2)cc1N1CCCNCC12OC(=O)C=CC(=O)O2. The minimum absolute atomic E-state index is 0.172. The summed E-state index contributed by atoms with van der Waals surface area (Å²) in [7, 11) is 0. The fourth-order valence-electron chi connectivity index (χ4n) is 3.68. The van der Waals surface area contributed by atoms with Gasteiger partial charge in [-0.1, -0.05) is 37.3 Å². The Hall–Kier alpha value is -3.19. The van der Waals surface area contributed by atoms with E-state index in [1.807, 2.05) is 54.4 Å². The molecule has 0 bridgehead atoms. The third kappa shape index (κ3) is 3.86.